The van der Waals surface area contributed by atoms with Gasteiger partial charge in [-0.05, 0) is 29.7 Å². The van der Waals surface area contributed by atoms with Gasteiger partial charge in [-0.15, -0.1) is 0 Å². The Hall–Kier alpha value is -2.80. The molecule has 0 aliphatic carbocycles. The lowest BCUT2D eigenvalue weighted by Crippen LogP contribution is -2.37. The molecule has 7 heteroatoms. The molecule has 0 fully saturated rings. The number of halogens is 2. The highest BCUT2D eigenvalue weighted by Gasteiger charge is 2.37. The maximum Gasteiger partial charge on any atom is 0.225 e. The highest BCUT2D eigenvalue weighted by molar-refractivity contribution is 5.58. The summed E-state index contributed by atoms with van der Waals surface area (Å²) in [6.07, 6.45) is 4.12. The van der Waals surface area contributed by atoms with Crippen LogP contribution in [0.3, 0.4) is 0 Å². The topological polar surface area (TPSA) is 64.3 Å². The number of aromatic nitrogens is 2. The third-order valence-electron chi connectivity index (χ3n) is 4.73. The van der Waals surface area contributed by atoms with Gasteiger partial charge in [-0.3, -0.25) is 9.78 Å². The predicted molar refractivity (Wildman–Crippen MR) is 102 cm³/mol. The molecule has 0 saturated heterocycles. The highest BCUT2D eigenvalue weighted by atomic mass is 19.2. The molecule has 0 aromatic heterocycles. The standard InChI is InChI=1S/C21H22F2N2O3/c1-20(2,16-10-14(22)4-5-19(16)28-3)12-21(23,27)13-25-9-7-17-15(11-25)18(26)6-8-24-17/h4-11,27H,12-13H2,1-3H3. The maximum atomic E-state index is 15.1. The zero-order valence-corrected chi connectivity index (χ0v) is 15.9. The van der Waals surface area contributed by atoms with Crippen molar-refractivity contribution in [2.45, 2.75) is 38.1 Å². The first kappa shape index (κ1) is 19.9. The molecule has 0 spiro atoms. The summed E-state index contributed by atoms with van der Waals surface area (Å²) in [7, 11) is 1.45. The Bertz CT molecular complexity index is 1010. The molecule has 28 heavy (non-hydrogen) atoms. The van der Waals surface area contributed by atoms with Crippen LogP contribution in [0.1, 0.15) is 25.8 Å². The van der Waals surface area contributed by atoms with Crippen LogP contribution in [-0.4, -0.2) is 27.6 Å². The van der Waals surface area contributed by atoms with Crippen LogP contribution in [0.25, 0.3) is 11.3 Å². The summed E-state index contributed by atoms with van der Waals surface area (Å²) < 4.78 is 35.5. The normalized spacial score (nSPS) is 14.1. The minimum Gasteiger partial charge on any atom is -0.496 e. The van der Waals surface area contributed by atoms with Gasteiger partial charge in [-0.2, -0.15) is 0 Å². The van der Waals surface area contributed by atoms with Crippen LogP contribution in [0.2, 0.25) is 0 Å². The molecule has 2 heterocycles. The Labute approximate surface area is 161 Å². The number of benzene rings is 1. The molecule has 1 unspecified atom stereocenters. The molecule has 1 atom stereocenters. The molecule has 0 bridgehead atoms. The van der Waals surface area contributed by atoms with E-state index >= 15 is 4.39 Å². The number of hydrogen-bond acceptors (Lipinski definition) is 4. The predicted octanol–water partition coefficient (Wildman–Crippen LogP) is 3.52. The number of nitrogens with zero attached hydrogens (tertiary/aromatic N) is 2. The second-order valence-corrected chi connectivity index (χ2v) is 7.55. The summed E-state index contributed by atoms with van der Waals surface area (Å²) in [5.74, 6) is -2.65. The third-order valence-corrected chi connectivity index (χ3v) is 4.73. The van der Waals surface area contributed by atoms with Crippen molar-refractivity contribution in [1.29, 1.82) is 0 Å². The van der Waals surface area contributed by atoms with E-state index in [-0.39, 0.29) is 11.8 Å². The van der Waals surface area contributed by atoms with Gasteiger partial charge in [0, 0.05) is 36.6 Å². The first-order chi connectivity index (χ1) is 13.1. The minimum absolute atomic E-state index is 0.230. The van der Waals surface area contributed by atoms with Crippen LogP contribution < -0.4 is 10.2 Å². The average molecular weight is 388 g/mol. The molecule has 0 saturated carbocycles. The van der Waals surface area contributed by atoms with E-state index in [0.717, 1.165) is 0 Å². The summed E-state index contributed by atoms with van der Waals surface area (Å²) in [6, 6.07) is 6.94. The number of alkyl halides is 1. The molecule has 0 amide bonds. The Morgan fingerprint density at radius 1 is 1.25 bits per heavy atom. The van der Waals surface area contributed by atoms with Gasteiger partial charge in [0.2, 0.25) is 5.85 Å². The number of hydrogen-bond donors (Lipinski definition) is 1. The van der Waals surface area contributed by atoms with E-state index in [1.165, 1.54) is 48.3 Å². The first-order valence-electron chi connectivity index (χ1n) is 8.81. The highest BCUT2D eigenvalue weighted by Crippen LogP contribution is 2.39. The van der Waals surface area contributed by atoms with Gasteiger partial charge in [-0.25, -0.2) is 8.78 Å². The summed E-state index contributed by atoms with van der Waals surface area (Å²) in [4.78, 5) is 16.0. The van der Waals surface area contributed by atoms with E-state index in [9.17, 15) is 14.3 Å². The summed E-state index contributed by atoms with van der Waals surface area (Å²) in [6.45, 7) is 3.03. The number of ether oxygens (including phenoxy) is 1. The number of pyridine rings is 2. The molecule has 3 rings (SSSR count). The van der Waals surface area contributed by atoms with Gasteiger partial charge in [0.15, 0.2) is 5.43 Å². The van der Waals surface area contributed by atoms with E-state index in [1.807, 2.05) is 0 Å². The Morgan fingerprint density at radius 2 is 2.00 bits per heavy atom. The lowest BCUT2D eigenvalue weighted by Gasteiger charge is -2.33. The SMILES string of the molecule is COc1ccc(F)cc1C(C)(C)CC(O)(F)Cn1ccc2nccc(=O)c-2c1. The van der Waals surface area contributed by atoms with Gasteiger partial charge >= 0.3 is 0 Å². The Morgan fingerprint density at radius 3 is 2.71 bits per heavy atom. The van der Waals surface area contributed by atoms with Crippen molar-refractivity contribution < 1.29 is 18.6 Å². The van der Waals surface area contributed by atoms with Gasteiger partial charge in [0.1, 0.15) is 11.6 Å². The van der Waals surface area contributed by atoms with E-state index < -0.39 is 23.6 Å². The molecular formula is C21H22F2N2O3. The summed E-state index contributed by atoms with van der Waals surface area (Å²) in [5, 5.41) is 10.4. The molecule has 5 nitrogen and oxygen atoms in total. The van der Waals surface area contributed by atoms with Crippen molar-refractivity contribution in [3.8, 4) is 17.0 Å². The molecule has 1 N–H and O–H groups in total. The van der Waals surface area contributed by atoms with E-state index in [0.29, 0.717) is 22.6 Å². The van der Waals surface area contributed by atoms with Gasteiger partial charge in [-0.1, -0.05) is 13.8 Å². The molecule has 2 aliphatic rings. The zero-order valence-electron chi connectivity index (χ0n) is 15.9. The smallest absolute Gasteiger partial charge is 0.225 e. The fourth-order valence-corrected chi connectivity index (χ4v) is 3.52. The third kappa shape index (κ3) is 4.20. The van der Waals surface area contributed by atoms with Crippen molar-refractivity contribution in [2.24, 2.45) is 0 Å². The number of methoxy groups -OCH3 is 1. The molecule has 1 aromatic carbocycles. The quantitative estimate of drug-likeness (QED) is 0.702. The van der Waals surface area contributed by atoms with Crippen LogP contribution in [0, 0.1) is 5.82 Å². The summed E-state index contributed by atoms with van der Waals surface area (Å²) in [5.41, 5.74) is 0.148. The zero-order chi connectivity index (χ0) is 20.5. The fraction of sp³-hybridized carbons (Fsp3) is 0.333. The van der Waals surface area contributed by atoms with Crippen LogP contribution in [0.5, 0.6) is 5.75 Å². The van der Waals surface area contributed by atoms with Crippen molar-refractivity contribution in [2.75, 3.05) is 7.11 Å². The second-order valence-electron chi connectivity index (χ2n) is 7.55. The van der Waals surface area contributed by atoms with Crippen LogP contribution in [-0.2, 0) is 12.0 Å². The van der Waals surface area contributed by atoms with E-state index in [1.54, 1.807) is 26.1 Å². The van der Waals surface area contributed by atoms with Crippen molar-refractivity contribution in [3.05, 3.63) is 70.5 Å². The van der Waals surface area contributed by atoms with Gasteiger partial charge in [0.25, 0.3) is 0 Å². The summed E-state index contributed by atoms with van der Waals surface area (Å²) >= 11 is 0. The van der Waals surface area contributed by atoms with Crippen molar-refractivity contribution in [3.63, 3.8) is 0 Å². The fourth-order valence-electron chi connectivity index (χ4n) is 3.52. The average Bonchev–Trinajstić information content (AvgIpc) is 2.61. The lowest BCUT2D eigenvalue weighted by atomic mass is 9.78. The number of aliphatic hydroxyl groups is 1. The Kier molecular flexibility index (Phi) is 5.21. The van der Waals surface area contributed by atoms with Gasteiger partial charge in [0.05, 0.1) is 24.9 Å². The van der Waals surface area contributed by atoms with E-state index in [4.69, 9.17) is 4.74 Å². The van der Waals surface area contributed by atoms with Crippen LogP contribution >= 0.6 is 0 Å². The molecule has 148 valence electrons. The van der Waals surface area contributed by atoms with Crippen LogP contribution in [0.15, 0.2) is 53.7 Å². The molecular weight excluding hydrogens is 366 g/mol. The second kappa shape index (κ2) is 7.31. The number of rotatable bonds is 6. The molecule has 2 aliphatic heterocycles. The molecule has 1 aromatic rings. The van der Waals surface area contributed by atoms with E-state index in [2.05, 4.69) is 4.98 Å². The Balaban J connectivity index is 1.88. The minimum atomic E-state index is -2.61. The molecule has 0 radical (unpaired) electrons. The van der Waals surface area contributed by atoms with Crippen LogP contribution in [0.4, 0.5) is 8.78 Å². The largest absolute Gasteiger partial charge is 0.496 e. The van der Waals surface area contributed by atoms with Gasteiger partial charge < -0.3 is 14.4 Å². The van der Waals surface area contributed by atoms with Crippen molar-refractivity contribution in [1.82, 2.24) is 9.55 Å². The maximum absolute atomic E-state index is 15.1. The number of fused-ring (bicyclic) bond motifs is 1. The first-order valence-corrected chi connectivity index (χ1v) is 8.81. The van der Waals surface area contributed by atoms with Crippen molar-refractivity contribution >= 4 is 0 Å². The lowest BCUT2D eigenvalue weighted by molar-refractivity contribution is -0.119. The monoisotopic (exact) mass is 388 g/mol.